The van der Waals surface area contributed by atoms with E-state index in [2.05, 4.69) is 31.4 Å². The van der Waals surface area contributed by atoms with Crippen molar-refractivity contribution in [2.24, 2.45) is 52.1 Å². The Morgan fingerprint density at radius 3 is 2.46 bits per heavy atom. The SMILES string of the molecule is C[C@H](CCCC(=O)O)[C@H]1CCC2C3CC[C@H]4C[C@@H](NCCCNCCCCN)CC[C@]4(C)C3CC[C@@]21C. The Morgan fingerprint density at radius 2 is 1.68 bits per heavy atom. The van der Waals surface area contributed by atoms with Gasteiger partial charge in [-0.2, -0.15) is 0 Å². The quantitative estimate of drug-likeness (QED) is 0.206. The number of nitrogens with two attached hydrogens (primary N) is 1. The summed E-state index contributed by atoms with van der Waals surface area (Å²) in [6.45, 7) is 11.9. The van der Waals surface area contributed by atoms with Crippen LogP contribution in [0.5, 0.6) is 0 Å². The first-order valence-corrected chi connectivity index (χ1v) is 16.2. The Hall–Kier alpha value is -0.650. The van der Waals surface area contributed by atoms with Gasteiger partial charge in [-0.3, -0.25) is 4.79 Å². The summed E-state index contributed by atoms with van der Waals surface area (Å²) in [6, 6.07) is 0.725. The third kappa shape index (κ3) is 6.57. The first-order chi connectivity index (χ1) is 17.8. The van der Waals surface area contributed by atoms with Gasteiger partial charge in [-0.25, -0.2) is 0 Å². The second kappa shape index (κ2) is 13.1. The molecule has 5 heteroatoms. The van der Waals surface area contributed by atoms with Crippen LogP contribution in [0.25, 0.3) is 0 Å². The second-order valence-electron chi connectivity index (χ2n) is 14.2. The molecule has 9 atom stereocenters. The van der Waals surface area contributed by atoms with Crippen LogP contribution in [0.3, 0.4) is 0 Å². The van der Waals surface area contributed by atoms with Gasteiger partial charge in [0.25, 0.3) is 0 Å². The largest absolute Gasteiger partial charge is 0.481 e. The molecule has 214 valence electrons. The van der Waals surface area contributed by atoms with Crippen LogP contribution >= 0.6 is 0 Å². The van der Waals surface area contributed by atoms with Gasteiger partial charge in [0.2, 0.25) is 0 Å². The van der Waals surface area contributed by atoms with Crippen molar-refractivity contribution in [2.45, 2.75) is 123 Å². The molecular formula is C32H59N3O2. The summed E-state index contributed by atoms with van der Waals surface area (Å²) in [5.74, 6) is 4.52. The maximum atomic E-state index is 11.0. The van der Waals surface area contributed by atoms with E-state index in [-0.39, 0.29) is 0 Å². The molecule has 4 aliphatic rings. The van der Waals surface area contributed by atoms with Crippen molar-refractivity contribution in [1.82, 2.24) is 10.6 Å². The highest BCUT2D eigenvalue weighted by molar-refractivity contribution is 5.66. The number of hydrogen-bond donors (Lipinski definition) is 4. The lowest BCUT2D eigenvalue weighted by Crippen LogP contribution is -2.55. The Balaban J connectivity index is 1.26. The predicted octanol–water partition coefficient (Wildman–Crippen LogP) is 6.21. The smallest absolute Gasteiger partial charge is 0.303 e. The van der Waals surface area contributed by atoms with Gasteiger partial charge in [0.15, 0.2) is 0 Å². The third-order valence-corrected chi connectivity index (χ3v) is 12.2. The number of carboxylic acids is 1. The molecule has 0 bridgehead atoms. The molecule has 0 aromatic carbocycles. The van der Waals surface area contributed by atoms with Gasteiger partial charge in [0, 0.05) is 12.5 Å². The van der Waals surface area contributed by atoms with E-state index >= 15 is 0 Å². The Morgan fingerprint density at radius 1 is 0.919 bits per heavy atom. The van der Waals surface area contributed by atoms with Crippen molar-refractivity contribution in [1.29, 1.82) is 0 Å². The zero-order chi connectivity index (χ0) is 26.5. The molecule has 0 aromatic rings. The van der Waals surface area contributed by atoms with Crippen LogP contribution in [-0.2, 0) is 4.79 Å². The van der Waals surface area contributed by atoms with Crippen LogP contribution in [0.1, 0.15) is 117 Å². The first-order valence-electron chi connectivity index (χ1n) is 16.2. The average molecular weight is 518 g/mol. The van der Waals surface area contributed by atoms with E-state index in [1.54, 1.807) is 0 Å². The molecule has 0 heterocycles. The number of carboxylic acid groups (broad SMARTS) is 1. The molecule has 4 rings (SSSR count). The molecule has 0 aliphatic heterocycles. The number of nitrogens with one attached hydrogen (secondary N) is 2. The van der Waals surface area contributed by atoms with Gasteiger partial charge in [0.05, 0.1) is 0 Å². The van der Waals surface area contributed by atoms with E-state index in [9.17, 15) is 4.79 Å². The second-order valence-corrected chi connectivity index (χ2v) is 14.2. The summed E-state index contributed by atoms with van der Waals surface area (Å²) >= 11 is 0. The minimum Gasteiger partial charge on any atom is -0.481 e. The number of aliphatic carboxylic acids is 1. The van der Waals surface area contributed by atoms with Crippen molar-refractivity contribution in [3.05, 3.63) is 0 Å². The molecule has 0 radical (unpaired) electrons. The molecule has 4 aliphatic carbocycles. The zero-order valence-electron chi connectivity index (χ0n) is 24.4. The van der Waals surface area contributed by atoms with Crippen LogP contribution in [0.15, 0.2) is 0 Å². The van der Waals surface area contributed by atoms with E-state index in [1.807, 2.05) is 0 Å². The lowest BCUT2D eigenvalue weighted by atomic mass is 9.44. The monoisotopic (exact) mass is 517 g/mol. The highest BCUT2D eigenvalue weighted by Gasteiger charge is 2.60. The van der Waals surface area contributed by atoms with Crippen molar-refractivity contribution >= 4 is 5.97 Å². The number of rotatable bonds is 14. The van der Waals surface area contributed by atoms with Gasteiger partial charge in [-0.05, 0) is 162 Å². The van der Waals surface area contributed by atoms with Gasteiger partial charge in [-0.15, -0.1) is 0 Å². The van der Waals surface area contributed by atoms with Gasteiger partial charge in [0.1, 0.15) is 0 Å². The molecule has 37 heavy (non-hydrogen) atoms. The maximum Gasteiger partial charge on any atom is 0.303 e. The Bertz CT molecular complexity index is 731. The van der Waals surface area contributed by atoms with Gasteiger partial charge >= 0.3 is 5.97 Å². The fourth-order valence-corrected chi connectivity index (χ4v) is 10.2. The summed E-state index contributed by atoms with van der Waals surface area (Å²) in [7, 11) is 0. The molecule has 4 fully saturated rings. The van der Waals surface area contributed by atoms with Crippen LogP contribution in [0.2, 0.25) is 0 Å². The summed E-state index contributed by atoms with van der Waals surface area (Å²) in [4.78, 5) is 11.0. The number of carbonyl (C=O) groups is 1. The van der Waals surface area contributed by atoms with Gasteiger partial charge < -0.3 is 21.5 Å². The molecule has 0 saturated heterocycles. The summed E-state index contributed by atoms with van der Waals surface area (Å²) < 4.78 is 0. The topological polar surface area (TPSA) is 87.4 Å². The summed E-state index contributed by atoms with van der Waals surface area (Å²) in [6.07, 6.45) is 18.6. The zero-order valence-corrected chi connectivity index (χ0v) is 24.4. The van der Waals surface area contributed by atoms with Crippen LogP contribution in [0, 0.1) is 46.3 Å². The standard InChI is InChI=1S/C32H59N3O2/c1-23(8-6-9-30(36)37)27-12-13-28-26-11-10-24-22-25(35-21-7-20-34-19-5-4-18-33)14-16-31(24,2)29(26)15-17-32(27,28)3/h23-29,34-35H,4-22,33H2,1-3H3,(H,36,37)/t23-,24+,25+,26?,27-,28?,29?,31+,32-/m1/s1. The number of hydrogen-bond acceptors (Lipinski definition) is 4. The molecule has 0 spiro atoms. The molecule has 3 unspecified atom stereocenters. The number of fused-ring (bicyclic) bond motifs is 5. The first kappa shape index (κ1) is 29.3. The van der Waals surface area contributed by atoms with E-state index in [4.69, 9.17) is 10.8 Å². The lowest BCUT2D eigenvalue weighted by molar-refractivity contribution is -0.137. The summed E-state index contributed by atoms with van der Waals surface area (Å²) in [5, 5.41) is 16.6. The predicted molar refractivity (Wildman–Crippen MR) is 153 cm³/mol. The Kier molecular flexibility index (Phi) is 10.4. The van der Waals surface area contributed by atoms with E-state index in [1.165, 1.54) is 70.6 Å². The average Bonchev–Trinajstić information content (AvgIpc) is 3.22. The molecule has 0 aromatic heterocycles. The van der Waals surface area contributed by atoms with Crippen molar-refractivity contribution in [3.63, 3.8) is 0 Å². The highest BCUT2D eigenvalue weighted by Crippen LogP contribution is 2.68. The summed E-state index contributed by atoms with van der Waals surface area (Å²) in [5.41, 5.74) is 6.62. The van der Waals surface area contributed by atoms with Crippen LogP contribution < -0.4 is 16.4 Å². The highest BCUT2D eigenvalue weighted by atomic mass is 16.4. The minimum absolute atomic E-state index is 0.337. The van der Waals surface area contributed by atoms with E-state index < -0.39 is 5.97 Å². The third-order valence-electron chi connectivity index (χ3n) is 12.2. The van der Waals surface area contributed by atoms with Crippen molar-refractivity contribution < 1.29 is 9.90 Å². The molecule has 0 amide bonds. The normalized spacial score (nSPS) is 40.0. The Labute approximate surface area is 227 Å². The van der Waals surface area contributed by atoms with E-state index in [0.717, 1.165) is 81.1 Å². The molecule has 4 saturated carbocycles. The van der Waals surface area contributed by atoms with Gasteiger partial charge in [-0.1, -0.05) is 20.8 Å². The van der Waals surface area contributed by atoms with E-state index in [0.29, 0.717) is 23.2 Å². The lowest BCUT2D eigenvalue weighted by Gasteiger charge is -2.61. The molecule has 5 N–H and O–H groups in total. The minimum atomic E-state index is -0.635. The molecule has 5 nitrogen and oxygen atoms in total. The van der Waals surface area contributed by atoms with Crippen molar-refractivity contribution in [2.75, 3.05) is 26.2 Å². The van der Waals surface area contributed by atoms with Crippen molar-refractivity contribution in [3.8, 4) is 0 Å². The fourth-order valence-electron chi connectivity index (χ4n) is 10.2. The fraction of sp³-hybridized carbons (Fsp3) is 0.969. The van der Waals surface area contributed by atoms with Crippen LogP contribution in [-0.4, -0.2) is 43.3 Å². The van der Waals surface area contributed by atoms with Crippen LogP contribution in [0.4, 0.5) is 0 Å². The molecular weight excluding hydrogens is 458 g/mol. The maximum absolute atomic E-state index is 11.0. The number of unbranched alkanes of at least 4 members (excludes halogenated alkanes) is 1.